The Morgan fingerprint density at radius 3 is 1.51 bits per heavy atom. The first-order chi connectivity index (χ1) is 24.0. The molecule has 0 atom stereocenters. The quantitative estimate of drug-likeness (QED) is 0.190. The molecule has 8 aromatic carbocycles. The molecule has 1 heteroatoms. The minimum atomic E-state index is -0.267. The third kappa shape index (κ3) is 4.02. The molecule has 0 radical (unpaired) electrons. The molecule has 1 aromatic heterocycles. The van der Waals surface area contributed by atoms with Gasteiger partial charge in [0.2, 0.25) is 0 Å². The zero-order chi connectivity index (χ0) is 33.2. The van der Waals surface area contributed by atoms with Gasteiger partial charge in [0.05, 0.1) is 5.48 Å². The Balaban J connectivity index is 1.54. The first kappa shape index (κ1) is 21.7. The van der Waals surface area contributed by atoms with Crippen LogP contribution in [0.25, 0.3) is 88.0 Å². The van der Waals surface area contributed by atoms with Crippen molar-refractivity contribution in [2.24, 2.45) is 0 Å². The number of fused-ring (bicyclic) bond motifs is 5. The Morgan fingerprint density at radius 2 is 0.844 bits per heavy atom. The summed E-state index contributed by atoms with van der Waals surface area (Å²) in [6.07, 6.45) is 0. The van der Waals surface area contributed by atoms with Gasteiger partial charge in [-0.15, -0.1) is 0 Å². The van der Waals surface area contributed by atoms with Crippen molar-refractivity contribution in [3.63, 3.8) is 0 Å². The number of furan rings is 1. The van der Waals surface area contributed by atoms with E-state index in [1.54, 1.807) is 0 Å². The molecule has 1 nitrogen and oxygen atoms in total. The smallest absolute Gasteiger partial charge is 0.143 e. The summed E-state index contributed by atoms with van der Waals surface area (Å²) in [5.41, 5.74) is 8.65. The van der Waals surface area contributed by atoms with E-state index < -0.39 is 0 Å². The molecule has 0 bridgehead atoms. The molecule has 0 spiro atoms. The van der Waals surface area contributed by atoms with Crippen LogP contribution in [0.4, 0.5) is 0 Å². The Morgan fingerprint density at radius 1 is 0.356 bits per heavy atom. The lowest BCUT2D eigenvalue weighted by Crippen LogP contribution is -1.95. The van der Waals surface area contributed by atoms with E-state index in [1.807, 2.05) is 91.0 Å². The molecule has 0 aliphatic heterocycles. The van der Waals surface area contributed by atoms with Gasteiger partial charge in [-0.25, -0.2) is 0 Å². The summed E-state index contributed by atoms with van der Waals surface area (Å²) in [5.74, 6) is 0. The molecule has 0 amide bonds. The van der Waals surface area contributed by atoms with E-state index in [0.29, 0.717) is 16.4 Å². The lowest BCUT2D eigenvalue weighted by atomic mass is 9.81. The zero-order valence-corrected chi connectivity index (χ0v) is 24.3. The van der Waals surface area contributed by atoms with Crippen molar-refractivity contribution >= 4 is 43.5 Å². The first-order valence-corrected chi connectivity index (χ1v) is 15.1. The molecule has 0 fully saturated rings. The fourth-order valence-corrected chi connectivity index (χ4v) is 6.90. The van der Waals surface area contributed by atoms with Gasteiger partial charge in [-0.2, -0.15) is 0 Å². The van der Waals surface area contributed by atoms with Gasteiger partial charge in [0.25, 0.3) is 0 Å². The highest BCUT2D eigenvalue weighted by Gasteiger charge is 2.23. The molecule has 0 N–H and O–H groups in total. The molecule has 0 saturated heterocycles. The molecule has 0 aliphatic rings. The molecular formula is C44H28O. The van der Waals surface area contributed by atoms with Crippen LogP contribution in [0.3, 0.4) is 0 Å². The van der Waals surface area contributed by atoms with Crippen LogP contribution in [0.15, 0.2) is 174 Å². The number of hydrogen-bond acceptors (Lipinski definition) is 1. The first-order valence-electron chi connectivity index (χ1n) is 17.1. The molecule has 9 aromatic rings. The summed E-state index contributed by atoms with van der Waals surface area (Å²) < 4.78 is 43.4. The van der Waals surface area contributed by atoms with Crippen molar-refractivity contribution in [1.29, 1.82) is 0 Å². The van der Waals surface area contributed by atoms with Gasteiger partial charge in [-0.3, -0.25) is 0 Å². The third-order valence-corrected chi connectivity index (χ3v) is 8.81. The van der Waals surface area contributed by atoms with Crippen molar-refractivity contribution in [3.8, 4) is 44.5 Å². The monoisotopic (exact) mass is 576 g/mol. The molecule has 0 unspecified atom stereocenters. The van der Waals surface area contributed by atoms with E-state index in [-0.39, 0.29) is 24.2 Å². The van der Waals surface area contributed by atoms with Crippen LogP contribution in [-0.2, 0) is 0 Å². The van der Waals surface area contributed by atoms with E-state index in [9.17, 15) is 2.74 Å². The lowest BCUT2D eigenvalue weighted by molar-refractivity contribution is 0.670. The molecule has 0 saturated carbocycles. The highest BCUT2D eigenvalue weighted by molar-refractivity contribution is 6.26. The molecule has 45 heavy (non-hydrogen) atoms. The van der Waals surface area contributed by atoms with Crippen molar-refractivity contribution < 1.29 is 9.90 Å². The van der Waals surface area contributed by atoms with E-state index in [0.717, 1.165) is 71.6 Å². The summed E-state index contributed by atoms with van der Waals surface area (Å²) in [4.78, 5) is 0. The average Bonchev–Trinajstić information content (AvgIpc) is 3.55. The van der Waals surface area contributed by atoms with E-state index in [1.165, 1.54) is 0 Å². The van der Waals surface area contributed by atoms with Crippen LogP contribution >= 0.6 is 0 Å². The Labute approximate surface area is 267 Å². The fraction of sp³-hybridized carbons (Fsp3) is 0. The zero-order valence-electron chi connectivity index (χ0n) is 28.3. The number of benzene rings is 8. The molecular weight excluding hydrogens is 544 g/mol. The van der Waals surface area contributed by atoms with Crippen LogP contribution in [0.1, 0.15) is 5.48 Å². The second kappa shape index (κ2) is 10.4. The van der Waals surface area contributed by atoms with Crippen LogP contribution in [0.2, 0.25) is 0 Å². The third-order valence-electron chi connectivity index (χ3n) is 8.81. The Kier molecular flexibility index (Phi) is 5.00. The van der Waals surface area contributed by atoms with Crippen LogP contribution in [0.5, 0.6) is 0 Å². The lowest BCUT2D eigenvalue weighted by Gasteiger charge is -2.22. The fourth-order valence-electron chi connectivity index (χ4n) is 6.90. The predicted octanol–water partition coefficient (Wildman–Crippen LogP) is 12.6. The largest absolute Gasteiger partial charge is 0.455 e. The van der Waals surface area contributed by atoms with E-state index in [4.69, 9.17) is 7.16 Å². The van der Waals surface area contributed by atoms with Gasteiger partial charge < -0.3 is 4.42 Å². The van der Waals surface area contributed by atoms with Crippen LogP contribution < -0.4 is 0 Å². The van der Waals surface area contributed by atoms with Crippen molar-refractivity contribution in [2.75, 3.05) is 0 Å². The Bertz CT molecular complexity index is 2690. The maximum Gasteiger partial charge on any atom is 0.143 e. The van der Waals surface area contributed by atoms with Gasteiger partial charge in [0, 0.05) is 21.9 Å². The topological polar surface area (TPSA) is 13.1 Å². The molecule has 210 valence electrons. The standard InChI is InChI=1S/C44H28O/c1-3-15-29(16-4-1)31-24-13-25-32(30-17-5-2-6-18-30)42(31)43-36-22-9-7-20-34(36)41(35-21-8-10-23-37(35)43)39-27-14-26-38-33-19-11-12-28-40(33)45-44(38)39/h1-28H/i7D,9D,20D,22D. The normalized spacial score (nSPS) is 12.8. The molecule has 1 heterocycles. The van der Waals surface area contributed by atoms with Crippen molar-refractivity contribution in [2.45, 2.75) is 0 Å². The van der Waals surface area contributed by atoms with Gasteiger partial charge in [0.1, 0.15) is 11.2 Å². The van der Waals surface area contributed by atoms with Crippen molar-refractivity contribution in [3.05, 3.63) is 170 Å². The minimum Gasteiger partial charge on any atom is -0.455 e. The van der Waals surface area contributed by atoms with E-state index in [2.05, 4.69) is 54.6 Å². The second-order valence-electron chi connectivity index (χ2n) is 11.3. The average molecular weight is 577 g/mol. The number of rotatable bonds is 4. The summed E-state index contributed by atoms with van der Waals surface area (Å²) in [7, 11) is 0. The molecule has 9 rings (SSSR count). The number of hydrogen-bond donors (Lipinski definition) is 0. The van der Waals surface area contributed by atoms with Crippen molar-refractivity contribution in [1.82, 2.24) is 0 Å². The minimum absolute atomic E-state index is 0.0725. The highest BCUT2D eigenvalue weighted by Crippen LogP contribution is 2.50. The summed E-state index contributed by atoms with van der Waals surface area (Å²) in [5, 5.41) is 4.67. The highest BCUT2D eigenvalue weighted by atomic mass is 16.3. The summed E-state index contributed by atoms with van der Waals surface area (Å²) in [6, 6.07) is 48.1. The summed E-state index contributed by atoms with van der Waals surface area (Å²) in [6.45, 7) is 0. The number of para-hydroxylation sites is 2. The van der Waals surface area contributed by atoms with Crippen LogP contribution in [0, 0.1) is 0 Å². The maximum atomic E-state index is 9.54. The molecule has 0 aliphatic carbocycles. The van der Waals surface area contributed by atoms with Gasteiger partial charge in [-0.1, -0.05) is 164 Å². The van der Waals surface area contributed by atoms with Gasteiger partial charge in [0.15, 0.2) is 0 Å². The van der Waals surface area contributed by atoms with Crippen LogP contribution in [-0.4, -0.2) is 0 Å². The van der Waals surface area contributed by atoms with Gasteiger partial charge >= 0.3 is 0 Å². The van der Waals surface area contributed by atoms with E-state index >= 15 is 0 Å². The van der Waals surface area contributed by atoms with Gasteiger partial charge in [-0.05, 0) is 61.0 Å². The SMILES string of the molecule is [2H]c1c([2H])c([2H])c2c(-c3cccc4c3oc3ccccc34)c3ccccc3c(-c3c(-c4ccccc4)cccc3-c3ccccc3)c2c1[2H]. The Hall–Kier alpha value is -5.92. The second-order valence-corrected chi connectivity index (χ2v) is 11.3. The maximum absolute atomic E-state index is 9.54. The summed E-state index contributed by atoms with van der Waals surface area (Å²) >= 11 is 0. The predicted molar refractivity (Wildman–Crippen MR) is 190 cm³/mol.